The second-order valence-corrected chi connectivity index (χ2v) is 11.5. The van der Waals surface area contributed by atoms with Crippen molar-refractivity contribution >= 4 is 0 Å². The van der Waals surface area contributed by atoms with E-state index in [1.165, 1.54) is 88.2 Å². The van der Waals surface area contributed by atoms with Gasteiger partial charge in [-0.3, -0.25) is 0 Å². The number of unbranched alkanes of at least 4 members (excludes halogenated alkanes) is 2. The zero-order valence-corrected chi connectivity index (χ0v) is 23.4. The molecule has 2 fully saturated rings. The maximum absolute atomic E-state index is 5.73. The summed E-state index contributed by atoms with van der Waals surface area (Å²) < 4.78 is 5.73. The van der Waals surface area contributed by atoms with Crippen molar-refractivity contribution in [2.75, 3.05) is 6.61 Å². The van der Waals surface area contributed by atoms with Gasteiger partial charge in [0.25, 0.3) is 0 Å². The molecule has 2 aromatic carbocycles. The van der Waals surface area contributed by atoms with Gasteiger partial charge >= 0.3 is 0 Å². The standard InChI is InChI=1S/C36H48O/c1-3-5-6-9-29-12-18-32(19-13-29)33-20-14-30(15-21-33)10-7-8-11-31-16-22-34(23-17-31)35-24-26-36(27-25-35)37-28-4-2/h8,11,14-15,20-21,24-27,29,31-32,34H,3-6,9,12-13,16-19,22-23,28H2,1-2H3/b11-8+/t29-,31-,32-,34-. The van der Waals surface area contributed by atoms with Crippen LogP contribution in [0.2, 0.25) is 0 Å². The molecule has 0 aromatic heterocycles. The lowest BCUT2D eigenvalue weighted by Gasteiger charge is -2.29. The Labute approximate surface area is 227 Å². The lowest BCUT2D eigenvalue weighted by Crippen LogP contribution is -2.13. The maximum atomic E-state index is 5.73. The van der Waals surface area contributed by atoms with E-state index >= 15 is 0 Å². The quantitative estimate of drug-likeness (QED) is 0.235. The number of benzene rings is 2. The summed E-state index contributed by atoms with van der Waals surface area (Å²) in [5, 5.41) is 0. The van der Waals surface area contributed by atoms with E-state index in [4.69, 9.17) is 4.74 Å². The highest BCUT2D eigenvalue weighted by atomic mass is 16.5. The Morgan fingerprint density at radius 1 is 0.730 bits per heavy atom. The van der Waals surface area contributed by atoms with Gasteiger partial charge in [-0.2, -0.15) is 0 Å². The SMILES string of the molecule is CCCCC[C@H]1CC[C@H](c2ccc(C#C/C=C/[C@H]3CC[C@H](c4ccc(OCCC)cc4)CC3)cc2)CC1. The number of hydrogen-bond acceptors (Lipinski definition) is 1. The molecule has 1 nitrogen and oxygen atoms in total. The largest absolute Gasteiger partial charge is 0.494 e. The van der Waals surface area contributed by atoms with Gasteiger partial charge in [-0.1, -0.05) is 81.7 Å². The molecule has 0 spiro atoms. The molecule has 2 aliphatic rings. The fourth-order valence-corrected chi connectivity index (χ4v) is 6.32. The van der Waals surface area contributed by atoms with Crippen molar-refractivity contribution in [3.05, 3.63) is 77.4 Å². The van der Waals surface area contributed by atoms with Crippen molar-refractivity contribution in [1.29, 1.82) is 0 Å². The van der Waals surface area contributed by atoms with E-state index in [0.29, 0.717) is 11.8 Å². The van der Waals surface area contributed by atoms with E-state index in [0.717, 1.165) is 36.2 Å². The van der Waals surface area contributed by atoms with Gasteiger partial charge in [0.2, 0.25) is 0 Å². The predicted octanol–water partition coefficient (Wildman–Crippen LogP) is 10.2. The minimum atomic E-state index is 0.664. The van der Waals surface area contributed by atoms with Crippen molar-refractivity contribution in [3.8, 4) is 17.6 Å². The first-order valence-corrected chi connectivity index (χ1v) is 15.3. The molecule has 0 N–H and O–H groups in total. The molecule has 0 amide bonds. The van der Waals surface area contributed by atoms with Crippen LogP contribution in [0.3, 0.4) is 0 Å². The van der Waals surface area contributed by atoms with Crippen molar-refractivity contribution < 1.29 is 4.74 Å². The molecule has 0 radical (unpaired) electrons. The van der Waals surface area contributed by atoms with Crippen LogP contribution in [-0.2, 0) is 0 Å². The molecule has 0 bridgehead atoms. The molecule has 0 atom stereocenters. The number of allylic oxidation sites excluding steroid dienone is 2. The molecule has 2 aromatic rings. The number of ether oxygens (including phenoxy) is 1. The van der Waals surface area contributed by atoms with Gasteiger partial charge in [-0.25, -0.2) is 0 Å². The van der Waals surface area contributed by atoms with Crippen molar-refractivity contribution in [1.82, 2.24) is 0 Å². The summed E-state index contributed by atoms with van der Waals surface area (Å²) in [6.45, 7) is 5.24. The minimum Gasteiger partial charge on any atom is -0.494 e. The number of hydrogen-bond donors (Lipinski definition) is 0. The summed E-state index contributed by atoms with van der Waals surface area (Å²) in [5.41, 5.74) is 4.12. The van der Waals surface area contributed by atoms with E-state index < -0.39 is 0 Å². The normalized spacial score (nSPS) is 23.9. The van der Waals surface area contributed by atoms with E-state index in [2.05, 4.69) is 86.4 Å². The van der Waals surface area contributed by atoms with Gasteiger partial charge < -0.3 is 4.74 Å². The van der Waals surface area contributed by atoms with E-state index in [1.54, 1.807) is 0 Å². The van der Waals surface area contributed by atoms with Gasteiger partial charge in [-0.15, -0.1) is 0 Å². The summed E-state index contributed by atoms with van der Waals surface area (Å²) in [6, 6.07) is 17.9. The van der Waals surface area contributed by atoms with E-state index in [1.807, 2.05) is 0 Å². The van der Waals surface area contributed by atoms with E-state index in [9.17, 15) is 0 Å². The average molecular weight is 497 g/mol. The minimum absolute atomic E-state index is 0.664. The summed E-state index contributed by atoms with van der Waals surface area (Å²) in [5.74, 6) is 10.7. The van der Waals surface area contributed by atoms with Crippen LogP contribution in [0.1, 0.15) is 126 Å². The van der Waals surface area contributed by atoms with Crippen LogP contribution in [0.4, 0.5) is 0 Å². The third-order valence-corrected chi connectivity index (χ3v) is 8.71. The fourth-order valence-electron chi connectivity index (χ4n) is 6.32. The molecule has 37 heavy (non-hydrogen) atoms. The molecular weight excluding hydrogens is 448 g/mol. The predicted molar refractivity (Wildman–Crippen MR) is 158 cm³/mol. The molecule has 198 valence electrons. The zero-order valence-electron chi connectivity index (χ0n) is 23.4. The number of rotatable bonds is 10. The second kappa shape index (κ2) is 15.1. The van der Waals surface area contributed by atoms with Crippen LogP contribution in [0, 0.1) is 23.7 Å². The van der Waals surface area contributed by atoms with Crippen molar-refractivity contribution in [2.45, 2.75) is 109 Å². The van der Waals surface area contributed by atoms with Crippen LogP contribution in [0.25, 0.3) is 0 Å². The molecule has 0 aliphatic heterocycles. The lowest BCUT2D eigenvalue weighted by molar-refractivity contribution is 0.303. The third-order valence-electron chi connectivity index (χ3n) is 8.71. The molecule has 4 rings (SSSR count). The van der Waals surface area contributed by atoms with Gasteiger partial charge in [0.15, 0.2) is 0 Å². The Kier molecular flexibility index (Phi) is 11.2. The first-order valence-electron chi connectivity index (χ1n) is 15.3. The molecule has 0 heterocycles. The first kappa shape index (κ1) is 27.6. The molecule has 0 unspecified atom stereocenters. The Hall–Kier alpha value is -2.46. The molecule has 2 saturated carbocycles. The Morgan fingerprint density at radius 2 is 1.35 bits per heavy atom. The Bertz CT molecular complexity index is 987. The summed E-state index contributed by atoms with van der Waals surface area (Å²) in [6.07, 6.45) is 21.7. The van der Waals surface area contributed by atoms with Crippen LogP contribution in [-0.4, -0.2) is 6.61 Å². The summed E-state index contributed by atoms with van der Waals surface area (Å²) in [7, 11) is 0. The molecule has 1 heteroatoms. The maximum Gasteiger partial charge on any atom is 0.119 e. The van der Waals surface area contributed by atoms with Crippen molar-refractivity contribution in [3.63, 3.8) is 0 Å². The van der Waals surface area contributed by atoms with Crippen LogP contribution >= 0.6 is 0 Å². The summed E-state index contributed by atoms with van der Waals surface area (Å²) in [4.78, 5) is 0. The van der Waals surface area contributed by atoms with Crippen LogP contribution < -0.4 is 4.74 Å². The first-order chi connectivity index (χ1) is 18.2. The Balaban J connectivity index is 1.18. The molecule has 2 aliphatic carbocycles. The van der Waals surface area contributed by atoms with Crippen molar-refractivity contribution in [2.24, 2.45) is 11.8 Å². The molecular formula is C36H48O. The highest BCUT2D eigenvalue weighted by Crippen LogP contribution is 2.38. The second-order valence-electron chi connectivity index (χ2n) is 11.5. The smallest absolute Gasteiger partial charge is 0.119 e. The topological polar surface area (TPSA) is 9.23 Å². The van der Waals surface area contributed by atoms with Gasteiger partial charge in [0.05, 0.1) is 6.61 Å². The zero-order chi connectivity index (χ0) is 25.7. The fraction of sp³-hybridized carbons (Fsp3) is 0.556. The molecule has 0 saturated heterocycles. The highest BCUT2D eigenvalue weighted by molar-refractivity contribution is 5.39. The average Bonchev–Trinajstić information content (AvgIpc) is 2.96. The van der Waals surface area contributed by atoms with Crippen LogP contribution in [0.15, 0.2) is 60.7 Å². The van der Waals surface area contributed by atoms with E-state index in [-0.39, 0.29) is 0 Å². The lowest BCUT2D eigenvalue weighted by atomic mass is 9.77. The highest BCUT2D eigenvalue weighted by Gasteiger charge is 2.22. The Morgan fingerprint density at radius 3 is 1.97 bits per heavy atom. The van der Waals surface area contributed by atoms with Crippen LogP contribution in [0.5, 0.6) is 5.75 Å². The van der Waals surface area contributed by atoms with Gasteiger partial charge in [0, 0.05) is 5.56 Å². The van der Waals surface area contributed by atoms with Gasteiger partial charge in [0.1, 0.15) is 5.75 Å². The van der Waals surface area contributed by atoms with Gasteiger partial charge in [-0.05, 0) is 123 Å². The monoisotopic (exact) mass is 496 g/mol. The summed E-state index contributed by atoms with van der Waals surface area (Å²) >= 11 is 0. The third kappa shape index (κ3) is 8.81.